The molecule has 0 radical (unpaired) electrons. The summed E-state index contributed by atoms with van der Waals surface area (Å²) in [6.07, 6.45) is 9.12. The van der Waals surface area contributed by atoms with Gasteiger partial charge in [0.2, 0.25) is 0 Å². The first-order valence-corrected chi connectivity index (χ1v) is 20.4. The average Bonchev–Trinajstić information content (AvgIpc) is 3.28. The summed E-state index contributed by atoms with van der Waals surface area (Å²) in [5.74, 6) is -0.358. The van der Waals surface area contributed by atoms with Gasteiger partial charge in [0.1, 0.15) is 0 Å². The minimum atomic E-state index is -2.99. The van der Waals surface area contributed by atoms with Gasteiger partial charge in [-0.3, -0.25) is 0 Å². The van der Waals surface area contributed by atoms with Crippen LogP contribution in [0.2, 0.25) is 13.3 Å². The standard InChI is InChI=1S/C15H17O4.3C4H9.Sn/c1-18-14(17)15(8-10-19-11-15)13(7-9-16)12-5-3-2-4-6-12;3*1-3-4-2;/h2-6,9,11,13H,7-8,10H2,1H3;3*1,3-4H2,2H3;/t13-,15-;;;;/m1..../s1. The van der Waals surface area contributed by atoms with Crippen molar-refractivity contribution < 1.29 is 19.1 Å². The van der Waals surface area contributed by atoms with E-state index in [4.69, 9.17) is 9.47 Å². The van der Waals surface area contributed by atoms with Gasteiger partial charge in [-0.15, -0.1) is 0 Å². The quantitative estimate of drug-likeness (QED) is 0.138. The number of hydrogen-bond donors (Lipinski definition) is 0. The van der Waals surface area contributed by atoms with Crippen LogP contribution in [0.1, 0.15) is 83.6 Å². The van der Waals surface area contributed by atoms with E-state index in [1.165, 1.54) is 58.9 Å². The van der Waals surface area contributed by atoms with E-state index in [1.54, 1.807) is 0 Å². The average molecular weight is 551 g/mol. The molecule has 180 valence electrons. The first-order chi connectivity index (χ1) is 15.6. The summed E-state index contributed by atoms with van der Waals surface area (Å²) in [7, 11) is 1.50. The molecule has 32 heavy (non-hydrogen) atoms. The van der Waals surface area contributed by atoms with Crippen LogP contribution in [0.4, 0.5) is 0 Å². The van der Waals surface area contributed by atoms with Gasteiger partial charge in [-0.1, -0.05) is 0 Å². The Hall–Kier alpha value is -0.881. The summed E-state index contributed by atoms with van der Waals surface area (Å²) in [5, 5.41) is 0. The molecule has 0 saturated carbocycles. The normalized spacial score (nSPS) is 21.9. The Morgan fingerprint density at radius 3 is 2.12 bits per heavy atom. The number of ether oxygens (including phenoxy) is 2. The maximum atomic E-state index is 13.7. The van der Waals surface area contributed by atoms with Crippen LogP contribution in [-0.4, -0.2) is 48.5 Å². The third kappa shape index (κ3) is 5.97. The molecule has 3 atom stereocenters. The molecular weight excluding hydrogens is 507 g/mol. The third-order valence-electron chi connectivity index (χ3n) is 7.63. The van der Waals surface area contributed by atoms with E-state index in [2.05, 4.69) is 32.9 Å². The molecule has 5 heteroatoms. The summed E-state index contributed by atoms with van der Waals surface area (Å²) >= 11 is -2.99. The molecule has 1 aromatic carbocycles. The van der Waals surface area contributed by atoms with E-state index in [-0.39, 0.29) is 16.0 Å². The molecule has 1 saturated heterocycles. The van der Waals surface area contributed by atoms with E-state index in [1.807, 2.05) is 18.2 Å². The van der Waals surface area contributed by atoms with E-state index in [0.717, 1.165) is 11.8 Å². The van der Waals surface area contributed by atoms with Gasteiger partial charge in [-0.2, -0.15) is 0 Å². The molecule has 0 spiro atoms. The van der Waals surface area contributed by atoms with Crippen molar-refractivity contribution in [2.75, 3.05) is 13.7 Å². The summed E-state index contributed by atoms with van der Waals surface area (Å²) in [6, 6.07) is 10.1. The molecule has 1 heterocycles. The molecule has 0 aromatic heterocycles. The summed E-state index contributed by atoms with van der Waals surface area (Å²) in [5.41, 5.74) is 0.310. The number of aldehydes is 1. The van der Waals surface area contributed by atoms with Crippen LogP contribution in [0.5, 0.6) is 0 Å². The van der Waals surface area contributed by atoms with E-state index in [9.17, 15) is 9.59 Å². The number of methoxy groups -OCH3 is 1. The van der Waals surface area contributed by atoms with Crippen molar-refractivity contribution in [1.29, 1.82) is 0 Å². The minimum absolute atomic E-state index is 0.0287. The number of hydrogen-bond acceptors (Lipinski definition) is 4. The zero-order valence-electron chi connectivity index (χ0n) is 20.7. The van der Waals surface area contributed by atoms with Gasteiger partial charge >= 0.3 is 200 Å². The summed E-state index contributed by atoms with van der Waals surface area (Å²) in [6.45, 7) is 7.38. The summed E-state index contributed by atoms with van der Waals surface area (Å²) < 4.78 is 16.0. The molecule has 0 N–H and O–H groups in total. The van der Waals surface area contributed by atoms with Crippen molar-refractivity contribution >= 4 is 30.6 Å². The van der Waals surface area contributed by atoms with E-state index >= 15 is 0 Å². The maximum absolute atomic E-state index is 13.7. The van der Waals surface area contributed by atoms with Crippen LogP contribution in [0.3, 0.4) is 0 Å². The Balaban J connectivity index is 2.67. The number of unbranched alkanes of at least 4 members (excludes halogenated alkanes) is 3. The van der Waals surface area contributed by atoms with E-state index < -0.39 is 23.8 Å². The van der Waals surface area contributed by atoms with Crippen LogP contribution in [0, 0.1) is 5.41 Å². The molecule has 1 aliphatic heterocycles. The number of esters is 1. The Kier molecular flexibility index (Phi) is 11.7. The van der Waals surface area contributed by atoms with Gasteiger partial charge in [0.25, 0.3) is 0 Å². The van der Waals surface area contributed by atoms with Gasteiger partial charge in [0.15, 0.2) is 0 Å². The zero-order valence-corrected chi connectivity index (χ0v) is 23.6. The van der Waals surface area contributed by atoms with Gasteiger partial charge in [0.05, 0.1) is 0 Å². The predicted octanol–water partition coefficient (Wildman–Crippen LogP) is 6.70. The van der Waals surface area contributed by atoms with Crippen LogP contribution in [0.15, 0.2) is 30.3 Å². The van der Waals surface area contributed by atoms with Crippen LogP contribution >= 0.6 is 0 Å². The van der Waals surface area contributed by atoms with Crippen LogP contribution in [0.25, 0.3) is 0 Å². The molecule has 0 amide bonds. The molecule has 1 aromatic rings. The fraction of sp³-hybridized carbons (Fsp3) is 0.704. The summed E-state index contributed by atoms with van der Waals surface area (Å²) in [4.78, 5) is 25.6. The van der Waals surface area contributed by atoms with Crippen molar-refractivity contribution in [2.24, 2.45) is 5.41 Å². The van der Waals surface area contributed by atoms with Gasteiger partial charge in [-0.25, -0.2) is 0 Å². The Morgan fingerprint density at radius 1 is 1.09 bits per heavy atom. The topological polar surface area (TPSA) is 52.6 Å². The number of carbonyl (C=O) groups is 2. The molecule has 1 fully saturated rings. The molecule has 1 aliphatic rings. The first kappa shape index (κ1) is 27.4. The van der Waals surface area contributed by atoms with Gasteiger partial charge in [-0.05, 0) is 0 Å². The Labute approximate surface area is 199 Å². The number of rotatable bonds is 15. The van der Waals surface area contributed by atoms with Gasteiger partial charge < -0.3 is 0 Å². The zero-order chi connectivity index (χ0) is 23.5. The second kappa shape index (κ2) is 13.7. The van der Waals surface area contributed by atoms with Crippen LogP contribution < -0.4 is 0 Å². The molecule has 4 nitrogen and oxygen atoms in total. The molecule has 2 rings (SSSR count). The Morgan fingerprint density at radius 2 is 1.66 bits per heavy atom. The molecule has 0 aliphatic carbocycles. The third-order valence-corrected chi connectivity index (χ3v) is 24.3. The van der Waals surface area contributed by atoms with E-state index in [0.29, 0.717) is 19.4 Å². The van der Waals surface area contributed by atoms with Crippen molar-refractivity contribution in [3.05, 3.63) is 35.9 Å². The monoisotopic (exact) mass is 552 g/mol. The predicted molar refractivity (Wildman–Crippen MR) is 134 cm³/mol. The first-order valence-electron chi connectivity index (χ1n) is 12.7. The van der Waals surface area contributed by atoms with Crippen molar-refractivity contribution in [1.82, 2.24) is 0 Å². The fourth-order valence-electron chi connectivity index (χ4n) is 6.03. The number of benzene rings is 1. The SMILES string of the molecule is CCC[CH2][Sn]([CH2]CCC)([CH2]CCC)[C@H]1OCC[C@]1(C(=O)OC)[C@H](CC=O)c1ccccc1. The second-order valence-corrected chi connectivity index (χ2v) is 23.1. The molecule has 0 unspecified atom stereocenters. The molecular formula is C27H44O4Sn. The van der Waals surface area contributed by atoms with Crippen molar-refractivity contribution in [3.63, 3.8) is 0 Å². The van der Waals surface area contributed by atoms with Gasteiger partial charge in [0, 0.05) is 0 Å². The molecule has 0 bridgehead atoms. The second-order valence-electron chi connectivity index (χ2n) is 9.57. The Bertz CT molecular complexity index is 670. The number of carbonyl (C=O) groups excluding carboxylic acids is 2. The van der Waals surface area contributed by atoms with Crippen molar-refractivity contribution in [3.8, 4) is 0 Å². The fourth-order valence-corrected chi connectivity index (χ4v) is 25.3. The van der Waals surface area contributed by atoms with Crippen LogP contribution in [-0.2, 0) is 19.1 Å². The van der Waals surface area contributed by atoms with Crippen molar-refractivity contribution in [2.45, 2.75) is 95.5 Å².